The van der Waals surface area contributed by atoms with Gasteiger partial charge in [-0.15, -0.1) is 0 Å². The van der Waals surface area contributed by atoms with Gasteiger partial charge in [0.15, 0.2) is 6.61 Å². The number of hydrogen-bond acceptors (Lipinski definition) is 3. The molecule has 37 heavy (non-hydrogen) atoms. The number of nitrogens with one attached hydrogen (secondary N) is 1. The first kappa shape index (κ1) is 28.9. The van der Waals surface area contributed by atoms with Crippen LogP contribution < -0.4 is 10.1 Å². The zero-order chi connectivity index (χ0) is 26.9. The minimum atomic E-state index is -0.698. The SMILES string of the molecule is CC(C)NC(=O)[C@@H](Cc1ccccc1)N(Cc1ccc(Br)cc1)C(=O)COc1ccc(C(C)C)cc1Br. The fourth-order valence-corrected chi connectivity index (χ4v) is 4.71. The Morgan fingerprint density at radius 1 is 0.892 bits per heavy atom. The van der Waals surface area contributed by atoms with E-state index >= 15 is 0 Å². The van der Waals surface area contributed by atoms with Gasteiger partial charge in [-0.1, -0.05) is 78.3 Å². The molecule has 0 heterocycles. The molecule has 2 amide bonds. The van der Waals surface area contributed by atoms with Crippen LogP contribution in [-0.2, 0) is 22.6 Å². The van der Waals surface area contributed by atoms with E-state index < -0.39 is 6.04 Å². The first-order valence-electron chi connectivity index (χ1n) is 12.4. The van der Waals surface area contributed by atoms with Crippen LogP contribution in [0.5, 0.6) is 5.75 Å². The lowest BCUT2D eigenvalue weighted by molar-refractivity contribution is -0.143. The molecule has 196 valence electrons. The molecule has 3 aromatic rings. The summed E-state index contributed by atoms with van der Waals surface area (Å²) in [5, 5.41) is 3.00. The molecule has 5 nitrogen and oxygen atoms in total. The first-order chi connectivity index (χ1) is 17.6. The summed E-state index contributed by atoms with van der Waals surface area (Å²) in [6.07, 6.45) is 0.397. The molecule has 0 fully saturated rings. The van der Waals surface area contributed by atoms with Gasteiger partial charge >= 0.3 is 0 Å². The maximum atomic E-state index is 13.7. The van der Waals surface area contributed by atoms with Gasteiger partial charge in [-0.3, -0.25) is 9.59 Å². The highest BCUT2D eigenvalue weighted by atomic mass is 79.9. The summed E-state index contributed by atoms with van der Waals surface area (Å²) >= 11 is 7.03. The zero-order valence-corrected chi connectivity index (χ0v) is 24.9. The van der Waals surface area contributed by atoms with Crippen LogP contribution in [0.15, 0.2) is 81.7 Å². The molecule has 0 aliphatic heterocycles. The predicted molar refractivity (Wildman–Crippen MR) is 156 cm³/mol. The molecule has 0 aliphatic carbocycles. The lowest BCUT2D eigenvalue weighted by Gasteiger charge is -2.32. The summed E-state index contributed by atoms with van der Waals surface area (Å²) in [4.78, 5) is 28.7. The van der Waals surface area contributed by atoms with Crippen molar-refractivity contribution in [3.05, 3.63) is 98.4 Å². The molecule has 0 unspecified atom stereocenters. The number of halogens is 2. The van der Waals surface area contributed by atoms with Gasteiger partial charge in [0.25, 0.3) is 5.91 Å². The Morgan fingerprint density at radius 2 is 1.57 bits per heavy atom. The first-order valence-corrected chi connectivity index (χ1v) is 14.0. The Kier molecular flexibility index (Phi) is 10.8. The van der Waals surface area contributed by atoms with Crippen molar-refractivity contribution < 1.29 is 14.3 Å². The van der Waals surface area contributed by atoms with Gasteiger partial charge in [-0.25, -0.2) is 0 Å². The van der Waals surface area contributed by atoms with E-state index in [0.29, 0.717) is 18.1 Å². The summed E-state index contributed by atoms with van der Waals surface area (Å²) in [5.74, 6) is 0.522. The lowest BCUT2D eigenvalue weighted by atomic mass is 10.0. The summed E-state index contributed by atoms with van der Waals surface area (Å²) in [6, 6.07) is 22.7. The van der Waals surface area contributed by atoms with Gasteiger partial charge in [-0.05, 0) is 76.7 Å². The van der Waals surface area contributed by atoms with Gasteiger partial charge in [0.2, 0.25) is 5.91 Å². The van der Waals surface area contributed by atoms with Gasteiger partial charge in [-0.2, -0.15) is 0 Å². The van der Waals surface area contributed by atoms with E-state index in [1.807, 2.05) is 86.6 Å². The number of amides is 2. The second kappa shape index (κ2) is 13.8. The normalized spacial score (nSPS) is 11.9. The third-order valence-corrected chi connectivity index (χ3v) is 7.09. The van der Waals surface area contributed by atoms with E-state index in [4.69, 9.17) is 4.74 Å². The minimum absolute atomic E-state index is 0.0536. The van der Waals surface area contributed by atoms with E-state index in [9.17, 15) is 9.59 Å². The van der Waals surface area contributed by atoms with Crippen LogP contribution in [0, 0.1) is 0 Å². The van der Waals surface area contributed by atoms with Gasteiger partial charge in [0.05, 0.1) is 4.47 Å². The Labute approximate surface area is 236 Å². The summed E-state index contributed by atoms with van der Waals surface area (Å²) < 4.78 is 7.70. The fourth-order valence-electron chi connectivity index (χ4n) is 3.94. The lowest BCUT2D eigenvalue weighted by Crippen LogP contribution is -2.52. The molecule has 0 radical (unpaired) electrons. The fraction of sp³-hybridized carbons (Fsp3) is 0.333. The summed E-state index contributed by atoms with van der Waals surface area (Å²) in [7, 11) is 0. The van der Waals surface area contributed by atoms with Crippen LogP contribution in [0.4, 0.5) is 0 Å². The molecule has 0 bridgehead atoms. The monoisotopic (exact) mass is 628 g/mol. The molecule has 0 saturated heterocycles. The third-order valence-electron chi connectivity index (χ3n) is 5.94. The van der Waals surface area contributed by atoms with Crippen molar-refractivity contribution in [1.29, 1.82) is 0 Å². The Morgan fingerprint density at radius 3 is 2.16 bits per heavy atom. The number of carbonyl (C=O) groups excluding carboxylic acids is 2. The molecule has 0 spiro atoms. The molecule has 1 N–H and O–H groups in total. The predicted octanol–water partition coefficient (Wildman–Crippen LogP) is 6.88. The maximum Gasteiger partial charge on any atom is 0.261 e. The second-order valence-electron chi connectivity index (χ2n) is 9.65. The quantitative estimate of drug-likeness (QED) is 0.252. The van der Waals surface area contributed by atoms with E-state index in [-0.39, 0.29) is 31.0 Å². The summed E-state index contributed by atoms with van der Waals surface area (Å²) in [5.41, 5.74) is 3.08. The Hall–Kier alpha value is -2.64. The molecule has 7 heteroatoms. The van der Waals surface area contributed by atoms with Crippen molar-refractivity contribution in [2.45, 2.75) is 58.7 Å². The highest BCUT2D eigenvalue weighted by Crippen LogP contribution is 2.29. The zero-order valence-electron chi connectivity index (χ0n) is 21.7. The third kappa shape index (κ3) is 8.71. The smallest absolute Gasteiger partial charge is 0.261 e. The number of benzene rings is 3. The van der Waals surface area contributed by atoms with Crippen LogP contribution in [0.2, 0.25) is 0 Å². The van der Waals surface area contributed by atoms with Gasteiger partial charge < -0.3 is 15.0 Å². The summed E-state index contributed by atoms with van der Waals surface area (Å²) in [6.45, 7) is 8.18. The van der Waals surface area contributed by atoms with Crippen molar-refractivity contribution in [1.82, 2.24) is 10.2 Å². The van der Waals surface area contributed by atoms with Crippen LogP contribution in [0.25, 0.3) is 0 Å². The van der Waals surface area contributed by atoms with E-state index in [1.54, 1.807) is 4.90 Å². The Bertz CT molecular complexity index is 1180. The van der Waals surface area contributed by atoms with Crippen LogP contribution in [0.3, 0.4) is 0 Å². The van der Waals surface area contributed by atoms with Crippen LogP contribution in [-0.4, -0.2) is 35.4 Å². The van der Waals surface area contributed by atoms with Gasteiger partial charge in [0, 0.05) is 23.5 Å². The van der Waals surface area contributed by atoms with Crippen LogP contribution in [0.1, 0.15) is 50.3 Å². The van der Waals surface area contributed by atoms with E-state index in [1.165, 1.54) is 5.56 Å². The topological polar surface area (TPSA) is 58.6 Å². The number of carbonyl (C=O) groups is 2. The number of ether oxygens (including phenoxy) is 1. The average Bonchev–Trinajstić information content (AvgIpc) is 2.86. The second-order valence-corrected chi connectivity index (χ2v) is 11.4. The molecule has 3 rings (SSSR count). The standard InChI is InChI=1S/C30H34Br2N2O3/c1-20(2)24-12-15-28(26(32)17-24)37-19-29(35)34(18-23-10-13-25(31)14-11-23)27(30(36)33-21(3)4)16-22-8-6-5-7-9-22/h5-15,17,20-21,27H,16,18-19H2,1-4H3,(H,33,36)/t27-/m1/s1. The number of rotatable bonds is 11. The van der Waals surface area contributed by atoms with E-state index in [0.717, 1.165) is 20.1 Å². The minimum Gasteiger partial charge on any atom is -0.483 e. The number of hydrogen-bond donors (Lipinski definition) is 1. The maximum absolute atomic E-state index is 13.7. The molecule has 1 atom stereocenters. The number of nitrogens with zero attached hydrogens (tertiary/aromatic N) is 1. The molecule has 3 aromatic carbocycles. The highest BCUT2D eigenvalue weighted by molar-refractivity contribution is 9.10. The van der Waals surface area contributed by atoms with E-state index in [2.05, 4.69) is 51.0 Å². The van der Waals surface area contributed by atoms with Crippen molar-refractivity contribution in [3.63, 3.8) is 0 Å². The molecule has 0 aromatic heterocycles. The van der Waals surface area contributed by atoms with Crippen LogP contribution >= 0.6 is 31.9 Å². The molecule has 0 saturated carbocycles. The molecule has 0 aliphatic rings. The highest BCUT2D eigenvalue weighted by Gasteiger charge is 2.31. The van der Waals surface area contributed by atoms with Gasteiger partial charge in [0.1, 0.15) is 11.8 Å². The largest absolute Gasteiger partial charge is 0.483 e. The molecular formula is C30H34Br2N2O3. The Balaban J connectivity index is 1.90. The average molecular weight is 630 g/mol. The van der Waals surface area contributed by atoms with Crippen molar-refractivity contribution in [3.8, 4) is 5.75 Å². The van der Waals surface area contributed by atoms with Crippen molar-refractivity contribution in [2.75, 3.05) is 6.61 Å². The molecular weight excluding hydrogens is 596 g/mol. The van der Waals surface area contributed by atoms with Crippen molar-refractivity contribution >= 4 is 43.7 Å². The van der Waals surface area contributed by atoms with Crippen molar-refractivity contribution in [2.24, 2.45) is 0 Å².